The van der Waals surface area contributed by atoms with Crippen LogP contribution in [0.4, 0.5) is 13.2 Å². The Hall–Kier alpha value is -2.03. The van der Waals surface area contributed by atoms with Crippen molar-refractivity contribution in [1.29, 1.82) is 5.26 Å². The predicted octanol–water partition coefficient (Wildman–Crippen LogP) is 3.06. The van der Waals surface area contributed by atoms with E-state index in [1.165, 1.54) is 26.0 Å². The summed E-state index contributed by atoms with van der Waals surface area (Å²) in [7, 11) is 0. The SMILES string of the molecule is CCOC(=O)c1c(C)ccc(C#N)c1C(F)(F)F. The maximum atomic E-state index is 12.9. The minimum atomic E-state index is -4.78. The van der Waals surface area contributed by atoms with Crippen LogP contribution in [0.2, 0.25) is 0 Å². The number of benzene rings is 1. The van der Waals surface area contributed by atoms with E-state index in [2.05, 4.69) is 4.74 Å². The third-order valence-corrected chi connectivity index (χ3v) is 2.30. The normalized spacial score (nSPS) is 10.9. The van der Waals surface area contributed by atoms with Gasteiger partial charge in [0.1, 0.15) is 0 Å². The summed E-state index contributed by atoms with van der Waals surface area (Å²) in [5, 5.41) is 8.71. The second-order valence-corrected chi connectivity index (χ2v) is 3.51. The van der Waals surface area contributed by atoms with Crippen LogP contribution in [-0.2, 0) is 10.9 Å². The van der Waals surface area contributed by atoms with Crippen molar-refractivity contribution < 1.29 is 22.7 Å². The summed E-state index contributed by atoms with van der Waals surface area (Å²) >= 11 is 0. The van der Waals surface area contributed by atoms with Gasteiger partial charge in [0.2, 0.25) is 0 Å². The van der Waals surface area contributed by atoms with Gasteiger partial charge in [0.05, 0.1) is 29.4 Å². The first-order valence-corrected chi connectivity index (χ1v) is 5.11. The molecule has 1 rings (SSSR count). The molecule has 0 aromatic heterocycles. The molecule has 0 aliphatic rings. The Morgan fingerprint density at radius 2 is 2.06 bits per heavy atom. The summed E-state index contributed by atoms with van der Waals surface area (Å²) in [6, 6.07) is 3.77. The third kappa shape index (κ3) is 2.62. The molecule has 0 radical (unpaired) electrons. The Kier molecular flexibility index (Phi) is 3.96. The van der Waals surface area contributed by atoms with Crippen molar-refractivity contribution in [2.24, 2.45) is 0 Å². The van der Waals surface area contributed by atoms with Gasteiger partial charge in [-0.15, -0.1) is 0 Å². The number of esters is 1. The standard InChI is InChI=1S/C12H10F3NO2/c1-3-18-11(17)9-7(2)4-5-8(6-16)10(9)12(13,14)15/h4-5H,3H2,1-2H3. The van der Waals surface area contributed by atoms with Crippen molar-refractivity contribution in [3.05, 3.63) is 34.4 Å². The van der Waals surface area contributed by atoms with Crippen LogP contribution >= 0.6 is 0 Å². The highest BCUT2D eigenvalue weighted by molar-refractivity contribution is 5.93. The van der Waals surface area contributed by atoms with Crippen molar-refractivity contribution in [3.8, 4) is 6.07 Å². The molecule has 1 aromatic carbocycles. The van der Waals surface area contributed by atoms with Gasteiger partial charge in [-0.2, -0.15) is 18.4 Å². The van der Waals surface area contributed by atoms with Gasteiger partial charge in [-0.1, -0.05) is 6.07 Å². The molecule has 0 bridgehead atoms. The van der Waals surface area contributed by atoms with E-state index in [0.717, 1.165) is 6.07 Å². The molecule has 1 aromatic rings. The van der Waals surface area contributed by atoms with Gasteiger partial charge in [-0.25, -0.2) is 4.79 Å². The van der Waals surface area contributed by atoms with Crippen LogP contribution in [0.15, 0.2) is 12.1 Å². The fourth-order valence-corrected chi connectivity index (χ4v) is 1.56. The lowest BCUT2D eigenvalue weighted by atomic mass is 9.96. The van der Waals surface area contributed by atoms with Gasteiger partial charge < -0.3 is 4.74 Å². The summed E-state index contributed by atoms with van der Waals surface area (Å²) in [4.78, 5) is 11.6. The van der Waals surface area contributed by atoms with Crippen LogP contribution in [-0.4, -0.2) is 12.6 Å². The molecular formula is C12H10F3NO2. The second-order valence-electron chi connectivity index (χ2n) is 3.51. The van der Waals surface area contributed by atoms with Crippen LogP contribution in [0.3, 0.4) is 0 Å². The number of rotatable bonds is 2. The molecule has 0 spiro atoms. The highest BCUT2D eigenvalue weighted by atomic mass is 19.4. The topological polar surface area (TPSA) is 50.1 Å². The average Bonchev–Trinajstić information content (AvgIpc) is 2.27. The Morgan fingerprint density at radius 3 is 2.50 bits per heavy atom. The van der Waals surface area contributed by atoms with Crippen LogP contribution < -0.4 is 0 Å². The fourth-order valence-electron chi connectivity index (χ4n) is 1.56. The number of halogens is 3. The lowest BCUT2D eigenvalue weighted by Gasteiger charge is -2.15. The Morgan fingerprint density at radius 1 is 1.44 bits per heavy atom. The highest BCUT2D eigenvalue weighted by Crippen LogP contribution is 2.36. The minimum Gasteiger partial charge on any atom is -0.462 e. The average molecular weight is 257 g/mol. The number of ether oxygens (including phenoxy) is 1. The summed E-state index contributed by atoms with van der Waals surface area (Å²) in [6.07, 6.45) is -4.78. The number of carbonyl (C=O) groups excluding carboxylic acids is 1. The Balaban J connectivity index is 3.58. The zero-order chi connectivity index (χ0) is 13.9. The first kappa shape index (κ1) is 14.0. The zero-order valence-corrected chi connectivity index (χ0v) is 9.76. The molecule has 0 amide bonds. The molecule has 0 aliphatic carbocycles. The van der Waals surface area contributed by atoms with Crippen LogP contribution in [0, 0.1) is 18.3 Å². The highest BCUT2D eigenvalue weighted by Gasteiger charge is 2.39. The second kappa shape index (κ2) is 5.08. The summed E-state index contributed by atoms with van der Waals surface area (Å²) < 4.78 is 43.3. The van der Waals surface area contributed by atoms with Gasteiger partial charge in [0.25, 0.3) is 0 Å². The molecule has 0 N–H and O–H groups in total. The largest absolute Gasteiger partial charge is 0.462 e. The van der Waals surface area contributed by atoms with Gasteiger partial charge in [0, 0.05) is 0 Å². The number of nitriles is 1. The first-order chi connectivity index (χ1) is 8.32. The molecule has 6 heteroatoms. The van der Waals surface area contributed by atoms with Gasteiger partial charge >= 0.3 is 12.1 Å². The molecule has 3 nitrogen and oxygen atoms in total. The smallest absolute Gasteiger partial charge is 0.418 e. The zero-order valence-electron chi connectivity index (χ0n) is 9.76. The number of hydrogen-bond donors (Lipinski definition) is 0. The van der Waals surface area contributed by atoms with Crippen molar-refractivity contribution in [3.63, 3.8) is 0 Å². The minimum absolute atomic E-state index is 0.0354. The molecule has 0 unspecified atom stereocenters. The van der Waals surface area contributed by atoms with Crippen molar-refractivity contribution in [2.45, 2.75) is 20.0 Å². The van der Waals surface area contributed by atoms with E-state index in [9.17, 15) is 18.0 Å². The molecule has 0 atom stereocenters. The summed E-state index contributed by atoms with van der Waals surface area (Å²) in [5.74, 6) is -1.07. The number of hydrogen-bond acceptors (Lipinski definition) is 3. The monoisotopic (exact) mass is 257 g/mol. The quantitative estimate of drug-likeness (QED) is 0.765. The number of carbonyl (C=O) groups is 1. The number of alkyl halides is 3. The van der Waals surface area contributed by atoms with Gasteiger partial charge in [0.15, 0.2) is 0 Å². The first-order valence-electron chi connectivity index (χ1n) is 5.11. The number of nitrogens with zero attached hydrogens (tertiary/aromatic N) is 1. The Bertz CT molecular complexity index is 515. The molecule has 0 saturated heterocycles. The van der Waals surface area contributed by atoms with E-state index in [-0.39, 0.29) is 12.2 Å². The maximum Gasteiger partial charge on any atom is 0.418 e. The van der Waals surface area contributed by atoms with Crippen molar-refractivity contribution >= 4 is 5.97 Å². The van der Waals surface area contributed by atoms with Crippen LogP contribution in [0.1, 0.15) is 34.0 Å². The summed E-state index contributed by atoms with van der Waals surface area (Å²) in [5.41, 5.74) is -2.29. The molecule has 0 heterocycles. The molecule has 18 heavy (non-hydrogen) atoms. The van der Waals surface area contributed by atoms with E-state index in [1.54, 1.807) is 0 Å². The molecule has 0 fully saturated rings. The fraction of sp³-hybridized carbons (Fsp3) is 0.333. The lowest BCUT2D eigenvalue weighted by molar-refractivity contribution is -0.138. The van der Waals surface area contributed by atoms with Crippen molar-refractivity contribution in [1.82, 2.24) is 0 Å². The van der Waals surface area contributed by atoms with Gasteiger partial charge in [-0.3, -0.25) is 0 Å². The van der Waals surface area contributed by atoms with Gasteiger partial charge in [-0.05, 0) is 25.5 Å². The van der Waals surface area contributed by atoms with Crippen molar-refractivity contribution in [2.75, 3.05) is 6.61 Å². The van der Waals surface area contributed by atoms with E-state index >= 15 is 0 Å². The van der Waals surface area contributed by atoms with E-state index in [0.29, 0.717) is 0 Å². The van der Waals surface area contributed by atoms with E-state index in [4.69, 9.17) is 5.26 Å². The molecular weight excluding hydrogens is 247 g/mol. The summed E-state index contributed by atoms with van der Waals surface area (Å²) in [6.45, 7) is 2.82. The molecule has 0 aliphatic heterocycles. The van der Waals surface area contributed by atoms with E-state index in [1.807, 2.05) is 0 Å². The third-order valence-electron chi connectivity index (χ3n) is 2.30. The predicted molar refractivity (Wildman–Crippen MR) is 56.9 cm³/mol. The van der Waals surface area contributed by atoms with Crippen LogP contribution in [0.25, 0.3) is 0 Å². The van der Waals surface area contributed by atoms with Crippen LogP contribution in [0.5, 0.6) is 0 Å². The molecule has 96 valence electrons. The lowest BCUT2D eigenvalue weighted by Crippen LogP contribution is -2.18. The maximum absolute atomic E-state index is 12.9. The number of aryl methyl sites for hydroxylation is 1. The molecule has 0 saturated carbocycles. The van der Waals surface area contributed by atoms with E-state index < -0.39 is 28.8 Å². The Labute approximate surface area is 102 Å².